The van der Waals surface area contributed by atoms with E-state index >= 15 is 0 Å². The predicted molar refractivity (Wildman–Crippen MR) is 87.8 cm³/mol. The molecule has 4 nitrogen and oxygen atoms in total. The molecule has 0 aliphatic carbocycles. The smallest absolute Gasteiger partial charge is 0.416 e. The summed E-state index contributed by atoms with van der Waals surface area (Å²) in [6, 6.07) is 5.96. The zero-order chi connectivity index (χ0) is 17.2. The summed E-state index contributed by atoms with van der Waals surface area (Å²) >= 11 is 6.11. The number of anilines is 1. The number of hydrazone groups is 1. The van der Waals surface area contributed by atoms with Crippen LogP contribution >= 0.6 is 31.9 Å². The van der Waals surface area contributed by atoms with Crippen LogP contribution in [0.3, 0.4) is 0 Å². The number of alkyl halides is 3. The average Bonchev–Trinajstić information content (AvgIpc) is 2.49. The number of halogens is 5. The zero-order valence-corrected chi connectivity index (χ0v) is 14.4. The maximum Gasteiger partial charge on any atom is 0.416 e. The lowest BCUT2D eigenvalue weighted by atomic mass is 10.2. The minimum atomic E-state index is -4.44. The molecule has 0 saturated heterocycles. The number of phenolic OH excluding ortho intramolecular Hbond substituents is 2. The highest BCUT2D eigenvalue weighted by molar-refractivity contribution is 9.11. The normalized spacial score (nSPS) is 11.9. The largest absolute Gasteiger partial charge is 0.506 e. The molecule has 23 heavy (non-hydrogen) atoms. The van der Waals surface area contributed by atoms with Gasteiger partial charge in [-0.3, -0.25) is 5.43 Å². The Labute approximate surface area is 145 Å². The summed E-state index contributed by atoms with van der Waals surface area (Å²) in [6.45, 7) is 0. The van der Waals surface area contributed by atoms with Crippen molar-refractivity contribution in [2.24, 2.45) is 5.10 Å². The third-order valence-electron chi connectivity index (χ3n) is 2.78. The first-order chi connectivity index (χ1) is 10.7. The third-order valence-corrected chi connectivity index (χ3v) is 4.14. The molecule has 0 aromatic heterocycles. The van der Waals surface area contributed by atoms with Crippen LogP contribution < -0.4 is 5.43 Å². The van der Waals surface area contributed by atoms with E-state index in [0.717, 1.165) is 12.1 Å². The molecule has 0 amide bonds. The van der Waals surface area contributed by atoms with E-state index in [1.54, 1.807) is 0 Å². The number of phenols is 2. The van der Waals surface area contributed by atoms with E-state index in [9.17, 15) is 23.4 Å². The van der Waals surface area contributed by atoms with Crippen LogP contribution in [0, 0.1) is 0 Å². The van der Waals surface area contributed by atoms with Gasteiger partial charge in [0.2, 0.25) is 0 Å². The molecule has 9 heteroatoms. The average molecular weight is 454 g/mol. The Kier molecular flexibility index (Phi) is 5.20. The molecule has 0 aliphatic rings. The van der Waals surface area contributed by atoms with Crippen molar-refractivity contribution in [1.29, 1.82) is 0 Å². The van der Waals surface area contributed by atoms with Gasteiger partial charge < -0.3 is 10.2 Å². The van der Waals surface area contributed by atoms with Crippen LogP contribution in [-0.4, -0.2) is 16.4 Å². The van der Waals surface area contributed by atoms with Crippen LogP contribution in [-0.2, 0) is 6.18 Å². The van der Waals surface area contributed by atoms with Crippen LogP contribution in [0.2, 0.25) is 0 Å². The Balaban J connectivity index is 2.20. The SMILES string of the molecule is Oc1c(Br)cc(C=NNc2cccc(C(F)(F)F)c2)c(O)c1Br. The fourth-order valence-corrected chi connectivity index (χ4v) is 2.81. The standard InChI is InChI=1S/C14H9Br2F3N2O2/c15-10-4-7(12(22)11(16)13(10)23)6-20-21-9-3-1-2-8(5-9)14(17,18)19/h1-6,21-23H. The van der Waals surface area contributed by atoms with E-state index in [1.807, 2.05) is 0 Å². The van der Waals surface area contributed by atoms with Gasteiger partial charge in [0.1, 0.15) is 16.0 Å². The number of hydrogen-bond donors (Lipinski definition) is 3. The van der Waals surface area contributed by atoms with E-state index in [4.69, 9.17) is 0 Å². The maximum atomic E-state index is 12.6. The van der Waals surface area contributed by atoms with Crippen molar-refractivity contribution < 1.29 is 23.4 Å². The van der Waals surface area contributed by atoms with Gasteiger partial charge in [0, 0.05) is 5.56 Å². The van der Waals surface area contributed by atoms with Crippen molar-refractivity contribution in [3.8, 4) is 11.5 Å². The minimum Gasteiger partial charge on any atom is -0.506 e. The second-order valence-electron chi connectivity index (χ2n) is 4.41. The molecule has 0 atom stereocenters. The summed E-state index contributed by atoms with van der Waals surface area (Å²) in [5.41, 5.74) is 2.05. The number of rotatable bonds is 3. The van der Waals surface area contributed by atoms with Gasteiger partial charge in [0.25, 0.3) is 0 Å². The van der Waals surface area contributed by atoms with Gasteiger partial charge in [-0.25, -0.2) is 0 Å². The van der Waals surface area contributed by atoms with E-state index < -0.39 is 11.7 Å². The second kappa shape index (κ2) is 6.79. The topological polar surface area (TPSA) is 64.9 Å². The van der Waals surface area contributed by atoms with Gasteiger partial charge in [-0.15, -0.1) is 0 Å². The zero-order valence-electron chi connectivity index (χ0n) is 11.2. The fourth-order valence-electron chi connectivity index (χ4n) is 1.66. The number of hydrogen-bond acceptors (Lipinski definition) is 4. The van der Waals surface area contributed by atoms with Gasteiger partial charge in [-0.2, -0.15) is 18.3 Å². The predicted octanol–water partition coefficient (Wildman–Crippen LogP) is 5.09. The number of nitrogens with one attached hydrogen (secondary N) is 1. The molecule has 0 saturated carbocycles. The summed E-state index contributed by atoms with van der Waals surface area (Å²) in [7, 11) is 0. The Bertz CT molecular complexity index is 764. The molecular formula is C14H9Br2F3N2O2. The summed E-state index contributed by atoms with van der Waals surface area (Å²) in [4.78, 5) is 0. The van der Waals surface area contributed by atoms with E-state index in [1.165, 1.54) is 24.4 Å². The molecule has 0 unspecified atom stereocenters. The highest BCUT2D eigenvalue weighted by atomic mass is 79.9. The molecule has 0 heterocycles. The van der Waals surface area contributed by atoms with Gasteiger partial charge in [-0.05, 0) is 56.1 Å². The van der Waals surface area contributed by atoms with Crippen molar-refractivity contribution in [3.63, 3.8) is 0 Å². The highest BCUT2D eigenvalue weighted by Crippen LogP contribution is 2.40. The lowest BCUT2D eigenvalue weighted by Crippen LogP contribution is -2.05. The van der Waals surface area contributed by atoms with E-state index in [0.29, 0.717) is 4.47 Å². The Morgan fingerprint density at radius 3 is 2.43 bits per heavy atom. The number of aromatic hydroxyl groups is 2. The summed E-state index contributed by atoms with van der Waals surface area (Å²) < 4.78 is 38.2. The molecule has 0 spiro atoms. The van der Waals surface area contributed by atoms with Crippen LogP contribution in [0.5, 0.6) is 11.5 Å². The summed E-state index contributed by atoms with van der Waals surface area (Å²) in [6.07, 6.45) is -3.23. The Morgan fingerprint density at radius 2 is 1.78 bits per heavy atom. The molecule has 122 valence electrons. The van der Waals surface area contributed by atoms with Crippen molar-refractivity contribution in [2.45, 2.75) is 6.18 Å². The second-order valence-corrected chi connectivity index (χ2v) is 6.05. The fraction of sp³-hybridized carbons (Fsp3) is 0.0714. The third kappa shape index (κ3) is 4.17. The molecule has 3 N–H and O–H groups in total. The lowest BCUT2D eigenvalue weighted by molar-refractivity contribution is -0.137. The first-order valence-corrected chi connectivity index (χ1v) is 7.65. The van der Waals surface area contributed by atoms with Gasteiger partial charge in [0.15, 0.2) is 0 Å². The van der Waals surface area contributed by atoms with E-state index in [-0.39, 0.29) is 27.2 Å². The Hall–Kier alpha value is -1.74. The Morgan fingerprint density at radius 1 is 1.09 bits per heavy atom. The first-order valence-electron chi connectivity index (χ1n) is 6.06. The number of nitrogens with zero attached hydrogens (tertiary/aromatic N) is 1. The van der Waals surface area contributed by atoms with Crippen molar-refractivity contribution in [1.82, 2.24) is 0 Å². The molecule has 0 fully saturated rings. The summed E-state index contributed by atoms with van der Waals surface area (Å²) in [5, 5.41) is 23.2. The van der Waals surface area contributed by atoms with Crippen molar-refractivity contribution in [2.75, 3.05) is 5.43 Å². The molecule has 0 aliphatic heterocycles. The monoisotopic (exact) mass is 452 g/mol. The summed E-state index contributed by atoms with van der Waals surface area (Å²) in [5.74, 6) is -0.425. The van der Waals surface area contributed by atoms with Crippen LogP contribution in [0.15, 0.2) is 44.4 Å². The molecule has 2 aromatic carbocycles. The highest BCUT2D eigenvalue weighted by Gasteiger charge is 2.30. The van der Waals surface area contributed by atoms with Gasteiger partial charge in [-0.1, -0.05) is 6.07 Å². The lowest BCUT2D eigenvalue weighted by Gasteiger charge is -2.08. The minimum absolute atomic E-state index is 0.0763. The molecule has 0 bridgehead atoms. The van der Waals surface area contributed by atoms with E-state index in [2.05, 4.69) is 42.4 Å². The first kappa shape index (κ1) is 17.6. The molecule has 0 radical (unpaired) electrons. The molecule has 2 rings (SSSR count). The van der Waals surface area contributed by atoms with Gasteiger partial charge >= 0.3 is 6.18 Å². The molecular weight excluding hydrogens is 445 g/mol. The quantitative estimate of drug-likeness (QED) is 0.448. The van der Waals surface area contributed by atoms with Crippen molar-refractivity contribution in [3.05, 3.63) is 50.4 Å². The van der Waals surface area contributed by atoms with Crippen LogP contribution in [0.25, 0.3) is 0 Å². The molecule has 2 aromatic rings. The number of benzene rings is 2. The van der Waals surface area contributed by atoms with Crippen molar-refractivity contribution >= 4 is 43.8 Å². The maximum absolute atomic E-state index is 12.6. The van der Waals surface area contributed by atoms with Crippen LogP contribution in [0.1, 0.15) is 11.1 Å². The van der Waals surface area contributed by atoms with Gasteiger partial charge in [0.05, 0.1) is 21.9 Å². The van der Waals surface area contributed by atoms with Crippen LogP contribution in [0.4, 0.5) is 18.9 Å².